The van der Waals surface area contributed by atoms with Crippen molar-refractivity contribution in [2.45, 2.75) is 17.3 Å². The van der Waals surface area contributed by atoms with Crippen molar-refractivity contribution in [3.63, 3.8) is 0 Å². The number of hydrogen-bond acceptors (Lipinski definition) is 11. The number of β-lactam (4-membered cyclic amide) rings is 1. The molecule has 1 aromatic rings. The van der Waals surface area contributed by atoms with Gasteiger partial charge in [-0.1, -0.05) is 0 Å². The number of amides is 3. The predicted octanol–water partition coefficient (Wildman–Crippen LogP) is -11.8. The Morgan fingerprint density at radius 1 is 1.30 bits per heavy atom. The van der Waals surface area contributed by atoms with Crippen LogP contribution in [-0.4, -0.2) is 52.6 Å². The van der Waals surface area contributed by atoms with Crippen molar-refractivity contribution < 1.29 is 132 Å². The Labute approximate surface area is 262 Å². The second-order valence-corrected chi connectivity index (χ2v) is 9.54. The minimum absolute atomic E-state index is 0. The van der Waals surface area contributed by atoms with E-state index in [1.807, 2.05) is 0 Å². The molecule has 3 N–H and O–H groups in total. The van der Waals surface area contributed by atoms with E-state index in [9.17, 15) is 38.6 Å². The number of carbonyl (C=O) groups is 4. The fourth-order valence-electron chi connectivity index (χ4n) is 3.07. The van der Waals surface area contributed by atoms with Crippen LogP contribution in [0.15, 0.2) is 27.8 Å². The minimum Gasteiger partial charge on any atom is -0.806 e. The third kappa shape index (κ3) is 7.56. The number of nitrogens with one attached hydrogen (secondary N) is 1. The van der Waals surface area contributed by atoms with Crippen LogP contribution in [0.4, 0.5) is 4.79 Å². The molecular weight excluding hydrogens is 530 g/mol. The van der Waals surface area contributed by atoms with E-state index in [-0.39, 0.29) is 106 Å². The summed E-state index contributed by atoms with van der Waals surface area (Å²) in [6.45, 7) is -0.593. The normalized spacial score (nSPS) is 20.1. The van der Waals surface area contributed by atoms with E-state index in [0.29, 0.717) is 4.90 Å². The molecule has 2 aliphatic rings. The summed E-state index contributed by atoms with van der Waals surface area (Å²) in [7, 11) is -5.45. The molecule has 18 heteroatoms. The standard InChI is InChI=1S/C15H16N3O9PS2.3Na/c16-15(23)27-3-7-5-30-13-9(11(20)18(13)12(7)28(24,25)26)17-10(19)8(14(21)22)6-1-2-29-4-6;;;/h1-2,4,8-9,13H,3,5H2,(H2,16,23)(H,17,19)(H,21,22)(H2,24,25,26);;;/q;3*+1/p-3/t8?,9-,13+;;;/m1.../s1. The molecule has 3 rings (SSSR count). The number of nitrogens with two attached hydrogens (primary N) is 1. The van der Waals surface area contributed by atoms with Gasteiger partial charge in [0.25, 0.3) is 5.91 Å². The van der Waals surface area contributed by atoms with Gasteiger partial charge in [-0.2, -0.15) is 11.3 Å². The molecule has 1 unspecified atom stereocenters. The monoisotopic (exact) mass is 543 g/mol. The van der Waals surface area contributed by atoms with Crippen molar-refractivity contribution in [3.05, 3.63) is 33.4 Å². The van der Waals surface area contributed by atoms with E-state index in [1.54, 1.807) is 5.38 Å². The largest absolute Gasteiger partial charge is 1.00 e. The predicted molar refractivity (Wildman–Crippen MR) is 97.3 cm³/mol. The maximum atomic E-state index is 12.5. The maximum Gasteiger partial charge on any atom is 1.00 e. The first-order valence-corrected chi connectivity index (χ1v) is 11.7. The number of ether oxygens (including phenoxy) is 1. The molecule has 0 radical (unpaired) electrons. The zero-order chi connectivity index (χ0) is 22.2. The molecule has 2 aliphatic heterocycles. The van der Waals surface area contributed by atoms with E-state index in [4.69, 9.17) is 5.73 Å². The SMILES string of the molecule is NC(=O)OCC1=C(P(=O)([O-])[O-])N2C(=O)[C@@H](NC(=O)C(C(=O)[O-])c3ccsc3)[C@@H]2SC1.[Na+].[Na+].[Na+]. The van der Waals surface area contributed by atoms with Crippen LogP contribution in [-0.2, 0) is 23.7 Å². The third-order valence-electron chi connectivity index (χ3n) is 4.34. The molecule has 162 valence electrons. The van der Waals surface area contributed by atoms with Gasteiger partial charge < -0.3 is 40.0 Å². The second kappa shape index (κ2) is 13.8. The van der Waals surface area contributed by atoms with Crippen LogP contribution in [0.2, 0.25) is 0 Å². The Kier molecular flexibility index (Phi) is 14.1. The van der Waals surface area contributed by atoms with E-state index >= 15 is 0 Å². The summed E-state index contributed by atoms with van der Waals surface area (Å²) in [5.41, 5.74) is 4.06. The zero-order valence-corrected chi connectivity index (χ0v) is 26.4. The molecule has 3 atom stereocenters. The maximum absolute atomic E-state index is 12.5. The van der Waals surface area contributed by atoms with E-state index in [0.717, 1.165) is 11.8 Å². The fraction of sp³-hybridized carbons (Fsp3) is 0.333. The summed E-state index contributed by atoms with van der Waals surface area (Å²) in [5, 5.41) is 15.7. The number of aliphatic carboxylic acids is 1. The number of carboxylic acid groups (broad SMARTS) is 1. The van der Waals surface area contributed by atoms with E-state index in [1.165, 1.54) is 22.8 Å². The van der Waals surface area contributed by atoms with Crippen molar-refractivity contribution in [1.29, 1.82) is 0 Å². The van der Waals surface area contributed by atoms with Gasteiger partial charge in [0, 0.05) is 11.3 Å². The van der Waals surface area contributed by atoms with Gasteiger partial charge >= 0.3 is 94.8 Å². The van der Waals surface area contributed by atoms with Gasteiger partial charge in [0.15, 0.2) is 0 Å². The fourth-order valence-corrected chi connectivity index (χ4v) is 6.29. The molecule has 1 saturated heterocycles. The molecule has 0 spiro atoms. The molecule has 3 heterocycles. The number of rotatable bonds is 7. The summed E-state index contributed by atoms with van der Waals surface area (Å²) >= 11 is 2.17. The van der Waals surface area contributed by atoms with Gasteiger partial charge in [-0.05, 0) is 30.0 Å². The summed E-state index contributed by atoms with van der Waals surface area (Å²) in [6, 6.07) is 0.175. The number of carboxylic acids is 1. The Balaban J connectivity index is 0.00000341. The van der Waals surface area contributed by atoms with Gasteiger partial charge in [-0.15, -0.1) is 11.8 Å². The van der Waals surface area contributed by atoms with Crippen LogP contribution in [0, 0.1) is 0 Å². The van der Waals surface area contributed by atoms with Gasteiger partial charge in [0.2, 0.25) is 5.91 Å². The molecule has 0 bridgehead atoms. The number of carbonyl (C=O) groups excluding carboxylic acids is 4. The molecule has 3 amide bonds. The molecule has 33 heavy (non-hydrogen) atoms. The van der Waals surface area contributed by atoms with E-state index in [2.05, 4.69) is 10.1 Å². The van der Waals surface area contributed by atoms with Crippen LogP contribution >= 0.6 is 30.7 Å². The van der Waals surface area contributed by atoms with Crippen LogP contribution < -0.4 is 115 Å². The van der Waals surface area contributed by atoms with Crippen LogP contribution in [0.5, 0.6) is 0 Å². The number of thioether (sulfide) groups is 1. The molecule has 0 aliphatic carbocycles. The Morgan fingerprint density at radius 3 is 2.42 bits per heavy atom. The number of nitrogens with zero attached hydrogens (tertiary/aromatic N) is 1. The minimum atomic E-state index is -5.45. The average Bonchev–Trinajstić information content (AvgIpc) is 3.16. The molecule has 12 nitrogen and oxygen atoms in total. The number of hydrogen-bond donors (Lipinski definition) is 2. The van der Waals surface area contributed by atoms with Crippen molar-refractivity contribution in [2.24, 2.45) is 5.73 Å². The summed E-state index contributed by atoms with van der Waals surface area (Å²) in [4.78, 5) is 71.3. The van der Waals surface area contributed by atoms with Crippen molar-refractivity contribution >= 4 is 54.6 Å². The van der Waals surface area contributed by atoms with Gasteiger partial charge in [-0.25, -0.2) is 4.79 Å². The van der Waals surface area contributed by atoms with Gasteiger partial charge in [-0.3, -0.25) is 14.5 Å². The van der Waals surface area contributed by atoms with Crippen LogP contribution in [0.3, 0.4) is 0 Å². The topological polar surface area (TPSA) is 205 Å². The van der Waals surface area contributed by atoms with Crippen LogP contribution in [0.25, 0.3) is 0 Å². The van der Waals surface area contributed by atoms with Gasteiger partial charge in [0.1, 0.15) is 23.9 Å². The summed E-state index contributed by atoms with van der Waals surface area (Å²) < 4.78 is 16.3. The number of primary amides is 1. The molecule has 0 aromatic carbocycles. The Bertz CT molecular complexity index is 989. The first kappa shape index (κ1) is 33.6. The molecular formula is C15H13N3Na3O9PS2. The van der Waals surface area contributed by atoms with Crippen LogP contribution in [0.1, 0.15) is 11.5 Å². The Hall–Kier alpha value is 0.620. The van der Waals surface area contributed by atoms with Gasteiger partial charge in [0.05, 0.1) is 11.4 Å². The summed E-state index contributed by atoms with van der Waals surface area (Å²) in [5.74, 6) is -5.34. The third-order valence-corrected chi connectivity index (χ3v) is 7.43. The first-order chi connectivity index (χ1) is 14.0. The Morgan fingerprint density at radius 2 is 1.94 bits per heavy atom. The second-order valence-electron chi connectivity index (χ2n) is 6.24. The average molecular weight is 543 g/mol. The zero-order valence-electron chi connectivity index (χ0n) is 17.8. The van der Waals surface area contributed by atoms with E-state index < -0.39 is 60.9 Å². The number of fused-ring (bicyclic) bond motifs is 1. The number of thiophene rings is 1. The molecule has 1 fully saturated rings. The van der Waals surface area contributed by atoms with Crippen molar-refractivity contribution in [3.8, 4) is 0 Å². The first-order valence-electron chi connectivity index (χ1n) is 8.17. The smallest absolute Gasteiger partial charge is 0.806 e. The summed E-state index contributed by atoms with van der Waals surface area (Å²) in [6.07, 6.45) is -1.19. The molecule has 1 aromatic heterocycles. The van der Waals surface area contributed by atoms with Crippen molar-refractivity contribution in [1.82, 2.24) is 10.2 Å². The van der Waals surface area contributed by atoms with Crippen molar-refractivity contribution in [2.75, 3.05) is 12.4 Å². The quantitative estimate of drug-likeness (QED) is 0.144. The molecule has 0 saturated carbocycles.